The first-order valence-electron chi connectivity index (χ1n) is 3.50. The van der Waals surface area contributed by atoms with E-state index in [0.29, 0.717) is 6.42 Å². The van der Waals surface area contributed by atoms with Crippen molar-refractivity contribution in [1.29, 1.82) is 0 Å². The second-order valence-corrected chi connectivity index (χ2v) is 2.76. The molecule has 0 spiro atoms. The lowest BCUT2D eigenvalue weighted by atomic mass is 9.98. The minimum atomic E-state index is -1.49. The molecular formula is C6H13NO4. The van der Waals surface area contributed by atoms with Crippen LogP contribution in [0.4, 0.5) is 0 Å². The van der Waals surface area contributed by atoms with Gasteiger partial charge in [0.05, 0.1) is 19.3 Å². The van der Waals surface area contributed by atoms with Crippen LogP contribution in [0, 0.1) is 0 Å². The number of hydrogen-bond acceptors (Lipinski definition) is 5. The van der Waals surface area contributed by atoms with E-state index >= 15 is 0 Å². The van der Waals surface area contributed by atoms with Crippen LogP contribution >= 0.6 is 0 Å². The molecule has 0 aliphatic carbocycles. The van der Waals surface area contributed by atoms with Crippen LogP contribution in [-0.4, -0.2) is 46.5 Å². The van der Waals surface area contributed by atoms with E-state index in [1.165, 1.54) is 0 Å². The Morgan fingerprint density at radius 3 is 2.64 bits per heavy atom. The van der Waals surface area contributed by atoms with Gasteiger partial charge in [-0.25, -0.2) is 0 Å². The van der Waals surface area contributed by atoms with Crippen molar-refractivity contribution in [2.24, 2.45) is 5.73 Å². The third-order valence-electron chi connectivity index (χ3n) is 1.90. The highest BCUT2D eigenvalue weighted by Crippen LogP contribution is 2.20. The molecule has 0 radical (unpaired) electrons. The summed E-state index contributed by atoms with van der Waals surface area (Å²) >= 11 is 0. The third-order valence-corrected chi connectivity index (χ3v) is 1.90. The van der Waals surface area contributed by atoms with Crippen LogP contribution < -0.4 is 5.73 Å². The molecule has 1 fully saturated rings. The van der Waals surface area contributed by atoms with Crippen molar-refractivity contribution in [2.75, 3.05) is 13.2 Å². The smallest absolute Gasteiger partial charge is 0.168 e. The standard InChI is InChI=1S/C6H13NO4/c7-6(3-8)5(10)4(9)1-2-11-6/h4-5,8-10H,1-3,7H2. The molecule has 0 amide bonds. The molecular weight excluding hydrogens is 150 g/mol. The van der Waals surface area contributed by atoms with E-state index in [2.05, 4.69) is 0 Å². The minimum Gasteiger partial charge on any atom is -0.392 e. The van der Waals surface area contributed by atoms with Crippen LogP contribution in [0.1, 0.15) is 6.42 Å². The molecule has 5 N–H and O–H groups in total. The van der Waals surface area contributed by atoms with Crippen molar-refractivity contribution in [1.82, 2.24) is 0 Å². The highest BCUT2D eigenvalue weighted by Gasteiger charge is 2.42. The van der Waals surface area contributed by atoms with E-state index in [1.54, 1.807) is 0 Å². The third kappa shape index (κ3) is 1.52. The van der Waals surface area contributed by atoms with Crippen molar-refractivity contribution < 1.29 is 20.1 Å². The fourth-order valence-electron chi connectivity index (χ4n) is 1.08. The summed E-state index contributed by atoms with van der Waals surface area (Å²) < 4.78 is 4.92. The van der Waals surface area contributed by atoms with E-state index < -0.39 is 24.5 Å². The zero-order chi connectivity index (χ0) is 8.48. The first kappa shape index (κ1) is 8.89. The van der Waals surface area contributed by atoms with Crippen molar-refractivity contribution in [3.8, 4) is 0 Å². The highest BCUT2D eigenvalue weighted by atomic mass is 16.5. The Labute approximate surface area is 64.4 Å². The van der Waals surface area contributed by atoms with E-state index in [4.69, 9.17) is 20.7 Å². The van der Waals surface area contributed by atoms with Gasteiger partial charge in [-0.3, -0.25) is 5.73 Å². The molecule has 1 aliphatic heterocycles. The van der Waals surface area contributed by atoms with E-state index in [9.17, 15) is 5.11 Å². The monoisotopic (exact) mass is 163 g/mol. The van der Waals surface area contributed by atoms with Crippen LogP contribution in [0.25, 0.3) is 0 Å². The lowest BCUT2D eigenvalue weighted by Crippen LogP contribution is -2.63. The molecule has 1 heterocycles. The average Bonchev–Trinajstić information content (AvgIpc) is 2.00. The van der Waals surface area contributed by atoms with Gasteiger partial charge in [-0.05, 0) is 6.42 Å². The van der Waals surface area contributed by atoms with Gasteiger partial charge in [-0.15, -0.1) is 0 Å². The second-order valence-electron chi connectivity index (χ2n) is 2.76. The Morgan fingerprint density at radius 2 is 2.18 bits per heavy atom. The quantitative estimate of drug-likeness (QED) is 0.351. The van der Waals surface area contributed by atoms with Gasteiger partial charge in [0.2, 0.25) is 0 Å². The van der Waals surface area contributed by atoms with Crippen LogP contribution in [0.3, 0.4) is 0 Å². The fraction of sp³-hybridized carbons (Fsp3) is 1.00. The Balaban J connectivity index is 2.64. The Kier molecular flexibility index (Phi) is 2.46. The van der Waals surface area contributed by atoms with Crippen molar-refractivity contribution in [3.05, 3.63) is 0 Å². The zero-order valence-electron chi connectivity index (χ0n) is 6.10. The van der Waals surface area contributed by atoms with Gasteiger partial charge in [-0.1, -0.05) is 0 Å². The molecule has 0 aromatic rings. The average molecular weight is 163 g/mol. The normalized spacial score (nSPS) is 45.8. The van der Waals surface area contributed by atoms with Gasteiger partial charge in [0, 0.05) is 0 Å². The van der Waals surface area contributed by atoms with Crippen LogP contribution in [0.5, 0.6) is 0 Å². The summed E-state index contributed by atoms with van der Waals surface area (Å²) in [5.74, 6) is 0. The topological polar surface area (TPSA) is 95.9 Å². The summed E-state index contributed by atoms with van der Waals surface area (Å²) in [5, 5.41) is 27.1. The van der Waals surface area contributed by atoms with Crippen LogP contribution in [0.15, 0.2) is 0 Å². The largest absolute Gasteiger partial charge is 0.392 e. The molecule has 66 valence electrons. The SMILES string of the molecule is NC1(CO)OCCC(O)C1O. The lowest BCUT2D eigenvalue weighted by molar-refractivity contribution is -0.209. The van der Waals surface area contributed by atoms with Crippen molar-refractivity contribution in [2.45, 2.75) is 24.4 Å². The first-order chi connectivity index (χ1) is 5.10. The number of ether oxygens (including phenoxy) is 1. The Morgan fingerprint density at radius 1 is 1.55 bits per heavy atom. The maximum absolute atomic E-state index is 9.24. The molecule has 1 rings (SSSR count). The van der Waals surface area contributed by atoms with Gasteiger partial charge in [0.15, 0.2) is 5.72 Å². The fourth-order valence-corrected chi connectivity index (χ4v) is 1.08. The number of aliphatic hydroxyl groups is 3. The summed E-state index contributed by atoms with van der Waals surface area (Å²) in [6.07, 6.45) is -1.76. The summed E-state index contributed by atoms with van der Waals surface area (Å²) in [6, 6.07) is 0. The van der Waals surface area contributed by atoms with Crippen LogP contribution in [-0.2, 0) is 4.74 Å². The van der Waals surface area contributed by atoms with Gasteiger partial charge < -0.3 is 20.1 Å². The number of rotatable bonds is 1. The molecule has 3 unspecified atom stereocenters. The minimum absolute atomic E-state index is 0.259. The summed E-state index contributed by atoms with van der Waals surface area (Å²) in [6.45, 7) is -0.236. The summed E-state index contributed by atoms with van der Waals surface area (Å²) in [7, 11) is 0. The molecule has 0 aromatic carbocycles. The van der Waals surface area contributed by atoms with Crippen LogP contribution in [0.2, 0.25) is 0 Å². The molecule has 1 saturated heterocycles. The van der Waals surface area contributed by atoms with Gasteiger partial charge >= 0.3 is 0 Å². The summed E-state index contributed by atoms with van der Waals surface area (Å²) in [4.78, 5) is 0. The Bertz CT molecular complexity index is 143. The van der Waals surface area contributed by atoms with Crippen molar-refractivity contribution >= 4 is 0 Å². The number of nitrogens with two attached hydrogens (primary N) is 1. The molecule has 3 atom stereocenters. The molecule has 5 nitrogen and oxygen atoms in total. The van der Waals surface area contributed by atoms with E-state index in [-0.39, 0.29) is 6.61 Å². The predicted molar refractivity (Wildman–Crippen MR) is 36.6 cm³/mol. The predicted octanol–water partition coefficient (Wildman–Crippen LogP) is -2.22. The molecule has 0 bridgehead atoms. The maximum Gasteiger partial charge on any atom is 0.168 e. The lowest BCUT2D eigenvalue weighted by Gasteiger charge is -2.39. The zero-order valence-corrected chi connectivity index (χ0v) is 6.10. The van der Waals surface area contributed by atoms with E-state index in [1.807, 2.05) is 0 Å². The van der Waals surface area contributed by atoms with Gasteiger partial charge in [0.25, 0.3) is 0 Å². The first-order valence-corrected chi connectivity index (χ1v) is 3.50. The number of hydrogen-bond donors (Lipinski definition) is 4. The molecule has 0 saturated carbocycles. The maximum atomic E-state index is 9.24. The van der Waals surface area contributed by atoms with Crippen molar-refractivity contribution in [3.63, 3.8) is 0 Å². The molecule has 1 aliphatic rings. The second kappa shape index (κ2) is 3.04. The molecule has 5 heteroatoms. The highest BCUT2D eigenvalue weighted by molar-refractivity contribution is 4.90. The van der Waals surface area contributed by atoms with Gasteiger partial charge in [0.1, 0.15) is 6.10 Å². The number of aliphatic hydroxyl groups excluding tert-OH is 3. The van der Waals surface area contributed by atoms with E-state index in [0.717, 1.165) is 0 Å². The summed E-state index contributed by atoms with van der Waals surface area (Å²) in [5.41, 5.74) is 3.92. The molecule has 11 heavy (non-hydrogen) atoms. The Hall–Kier alpha value is -0.200. The van der Waals surface area contributed by atoms with Gasteiger partial charge in [-0.2, -0.15) is 0 Å². The molecule has 0 aromatic heterocycles.